The van der Waals surface area contributed by atoms with Gasteiger partial charge in [-0.3, -0.25) is 0 Å². The van der Waals surface area contributed by atoms with Crippen molar-refractivity contribution < 1.29 is 13.2 Å². The summed E-state index contributed by atoms with van der Waals surface area (Å²) in [5.74, 6) is 0.393. The van der Waals surface area contributed by atoms with Crippen LogP contribution in [0.4, 0.5) is 5.69 Å². The van der Waals surface area contributed by atoms with Crippen LogP contribution >= 0.6 is 0 Å². The molecule has 0 spiro atoms. The van der Waals surface area contributed by atoms with Crippen molar-refractivity contribution in [3.63, 3.8) is 0 Å². The predicted octanol–water partition coefficient (Wildman–Crippen LogP) is 2.34. The number of ether oxygens (including phenoxy) is 1. The molecule has 0 saturated heterocycles. The van der Waals surface area contributed by atoms with Gasteiger partial charge < -0.3 is 15.5 Å². The summed E-state index contributed by atoms with van der Waals surface area (Å²) in [6.45, 7) is 0. The third kappa shape index (κ3) is 2.82. The van der Waals surface area contributed by atoms with Crippen LogP contribution in [0.5, 0.6) is 11.8 Å². The number of nitrogen functional groups attached to an aromatic ring is 1. The van der Waals surface area contributed by atoms with Crippen molar-refractivity contribution in [2.45, 2.75) is 4.90 Å². The maximum absolute atomic E-state index is 11.5. The molecule has 0 unspecified atom stereocenters. The molecular weight excluding hydrogens is 290 g/mol. The molecule has 0 aliphatic heterocycles. The Labute approximate surface area is 121 Å². The lowest BCUT2D eigenvalue weighted by molar-refractivity contribution is 0.448. The number of aromatic nitrogens is 2. The Morgan fingerprint density at radius 2 is 2.00 bits per heavy atom. The lowest BCUT2D eigenvalue weighted by Crippen LogP contribution is -1.97. The first-order valence-electron chi connectivity index (χ1n) is 6.15. The van der Waals surface area contributed by atoms with Gasteiger partial charge in [0.1, 0.15) is 5.75 Å². The first-order chi connectivity index (χ1) is 9.91. The van der Waals surface area contributed by atoms with E-state index in [0.717, 1.165) is 17.3 Å². The number of anilines is 1. The Morgan fingerprint density at radius 3 is 2.76 bits per heavy atom. The van der Waals surface area contributed by atoms with Crippen LogP contribution < -0.4 is 10.5 Å². The van der Waals surface area contributed by atoms with E-state index in [1.807, 2.05) is 0 Å². The van der Waals surface area contributed by atoms with Crippen LogP contribution in [0, 0.1) is 0 Å². The largest absolute Gasteiger partial charge is 0.426 e. The smallest absolute Gasteiger partial charge is 0.300 e. The van der Waals surface area contributed by atoms with E-state index in [-0.39, 0.29) is 10.9 Å². The molecule has 7 heteroatoms. The van der Waals surface area contributed by atoms with Gasteiger partial charge in [0.15, 0.2) is 9.84 Å². The van der Waals surface area contributed by atoms with Gasteiger partial charge in [0.25, 0.3) is 6.01 Å². The topological polar surface area (TPSA) is 98.1 Å². The number of aromatic amines is 1. The molecule has 0 aliphatic rings. The van der Waals surface area contributed by atoms with E-state index in [2.05, 4.69) is 9.97 Å². The molecule has 1 heterocycles. The maximum atomic E-state index is 11.5. The number of nitrogens with zero attached hydrogens (tertiary/aromatic N) is 1. The summed E-state index contributed by atoms with van der Waals surface area (Å²) < 4.78 is 28.6. The molecule has 0 amide bonds. The van der Waals surface area contributed by atoms with Crippen LogP contribution in [0.25, 0.3) is 11.0 Å². The lowest BCUT2D eigenvalue weighted by atomic mass is 10.3. The first kappa shape index (κ1) is 13.4. The third-order valence-corrected chi connectivity index (χ3v) is 4.04. The number of H-pyrrole nitrogens is 1. The summed E-state index contributed by atoms with van der Waals surface area (Å²) in [6.07, 6.45) is 1.15. The van der Waals surface area contributed by atoms with E-state index in [1.54, 1.807) is 30.3 Å². The highest BCUT2D eigenvalue weighted by Gasteiger charge is 2.10. The van der Waals surface area contributed by atoms with Crippen LogP contribution in [0.2, 0.25) is 0 Å². The van der Waals surface area contributed by atoms with Crippen molar-refractivity contribution in [3.8, 4) is 11.8 Å². The minimum absolute atomic E-state index is 0.195. The van der Waals surface area contributed by atoms with Crippen molar-refractivity contribution >= 4 is 26.6 Å². The number of imidazole rings is 1. The molecule has 0 atom stereocenters. The highest BCUT2D eigenvalue weighted by Crippen LogP contribution is 2.24. The number of fused-ring (bicyclic) bond motifs is 1. The number of benzene rings is 2. The van der Waals surface area contributed by atoms with Gasteiger partial charge in [-0.2, -0.15) is 4.98 Å². The Balaban J connectivity index is 1.95. The number of rotatable bonds is 3. The second-order valence-electron chi connectivity index (χ2n) is 4.67. The highest BCUT2D eigenvalue weighted by atomic mass is 32.2. The standard InChI is InChI=1S/C14H13N3O3S/c1-21(18,19)11-4-2-3-10(8-11)20-14-16-12-6-5-9(15)7-13(12)17-14/h2-8H,15H2,1H3,(H,16,17). The van der Waals surface area contributed by atoms with Crippen LogP contribution in [-0.2, 0) is 9.84 Å². The molecule has 3 rings (SSSR count). The molecule has 0 aliphatic carbocycles. The van der Waals surface area contributed by atoms with E-state index < -0.39 is 9.84 Å². The minimum Gasteiger partial charge on any atom is -0.426 e. The molecule has 3 N–H and O–H groups in total. The Bertz CT molecular complexity index is 916. The maximum Gasteiger partial charge on any atom is 0.300 e. The molecule has 2 aromatic carbocycles. The van der Waals surface area contributed by atoms with Gasteiger partial charge in [0, 0.05) is 11.9 Å². The Hall–Kier alpha value is -2.54. The van der Waals surface area contributed by atoms with E-state index in [4.69, 9.17) is 10.5 Å². The molecule has 108 valence electrons. The average Bonchev–Trinajstić information content (AvgIpc) is 2.79. The summed E-state index contributed by atoms with van der Waals surface area (Å²) in [5, 5.41) is 0. The van der Waals surface area contributed by atoms with E-state index in [1.165, 1.54) is 12.1 Å². The molecule has 0 bridgehead atoms. The molecular formula is C14H13N3O3S. The van der Waals surface area contributed by atoms with Crippen molar-refractivity contribution in [3.05, 3.63) is 42.5 Å². The fourth-order valence-electron chi connectivity index (χ4n) is 1.93. The van der Waals surface area contributed by atoms with E-state index in [9.17, 15) is 8.42 Å². The summed E-state index contributed by atoms with van der Waals surface area (Å²) in [6, 6.07) is 11.8. The van der Waals surface area contributed by atoms with Gasteiger partial charge in [-0.1, -0.05) is 6.07 Å². The minimum atomic E-state index is -3.27. The van der Waals surface area contributed by atoms with Gasteiger partial charge >= 0.3 is 0 Å². The first-order valence-corrected chi connectivity index (χ1v) is 8.04. The van der Waals surface area contributed by atoms with Crippen molar-refractivity contribution in [2.75, 3.05) is 12.0 Å². The second kappa shape index (κ2) is 4.78. The zero-order chi connectivity index (χ0) is 15.0. The highest BCUT2D eigenvalue weighted by molar-refractivity contribution is 7.90. The molecule has 6 nitrogen and oxygen atoms in total. The molecule has 1 aromatic heterocycles. The Morgan fingerprint density at radius 1 is 1.19 bits per heavy atom. The monoisotopic (exact) mass is 303 g/mol. The van der Waals surface area contributed by atoms with Gasteiger partial charge in [-0.25, -0.2) is 8.42 Å². The number of hydrogen-bond donors (Lipinski definition) is 2. The molecule has 21 heavy (non-hydrogen) atoms. The summed E-state index contributed by atoms with van der Waals surface area (Å²) in [4.78, 5) is 7.43. The van der Waals surface area contributed by atoms with Crippen LogP contribution in [0.3, 0.4) is 0 Å². The number of sulfone groups is 1. The summed E-state index contributed by atoms with van der Waals surface area (Å²) in [5.41, 5.74) is 7.79. The van der Waals surface area contributed by atoms with Gasteiger partial charge in [0.2, 0.25) is 0 Å². The lowest BCUT2D eigenvalue weighted by Gasteiger charge is -2.03. The van der Waals surface area contributed by atoms with Crippen LogP contribution in [0.1, 0.15) is 0 Å². The normalized spacial score (nSPS) is 11.7. The fraction of sp³-hybridized carbons (Fsp3) is 0.0714. The van der Waals surface area contributed by atoms with Crippen LogP contribution in [-0.4, -0.2) is 24.6 Å². The molecule has 3 aromatic rings. The molecule has 0 fully saturated rings. The second-order valence-corrected chi connectivity index (χ2v) is 6.68. The summed E-state index contributed by atoms with van der Waals surface area (Å²) in [7, 11) is -3.27. The summed E-state index contributed by atoms with van der Waals surface area (Å²) >= 11 is 0. The van der Waals surface area contributed by atoms with Gasteiger partial charge in [-0.15, -0.1) is 0 Å². The third-order valence-electron chi connectivity index (χ3n) is 2.93. The zero-order valence-electron chi connectivity index (χ0n) is 11.2. The van der Waals surface area contributed by atoms with Gasteiger partial charge in [-0.05, 0) is 36.4 Å². The zero-order valence-corrected chi connectivity index (χ0v) is 12.0. The van der Waals surface area contributed by atoms with Crippen LogP contribution in [0.15, 0.2) is 47.4 Å². The van der Waals surface area contributed by atoms with Crippen molar-refractivity contribution in [1.82, 2.24) is 9.97 Å². The van der Waals surface area contributed by atoms with E-state index in [0.29, 0.717) is 11.4 Å². The number of nitrogens with two attached hydrogens (primary N) is 1. The van der Waals surface area contributed by atoms with E-state index >= 15 is 0 Å². The van der Waals surface area contributed by atoms with Gasteiger partial charge in [0.05, 0.1) is 15.9 Å². The average molecular weight is 303 g/mol. The molecule has 0 saturated carbocycles. The number of nitrogens with one attached hydrogen (secondary N) is 1. The number of hydrogen-bond acceptors (Lipinski definition) is 5. The Kier molecular flexibility index (Phi) is 3.06. The fourth-order valence-corrected chi connectivity index (χ4v) is 2.59. The quantitative estimate of drug-likeness (QED) is 0.724. The van der Waals surface area contributed by atoms with Crippen molar-refractivity contribution in [1.29, 1.82) is 0 Å². The van der Waals surface area contributed by atoms with Crippen molar-refractivity contribution in [2.24, 2.45) is 0 Å². The molecule has 0 radical (unpaired) electrons. The SMILES string of the molecule is CS(=O)(=O)c1cccc(Oc2nc3ccc(N)cc3[nH]2)c1. The predicted molar refractivity (Wildman–Crippen MR) is 80.1 cm³/mol.